The van der Waals surface area contributed by atoms with Crippen LogP contribution in [0.2, 0.25) is 0 Å². The largest absolute Gasteiger partial charge is 0.396 e. The molecule has 1 aromatic carbocycles. The van der Waals surface area contributed by atoms with Gasteiger partial charge in [-0.3, -0.25) is 9.88 Å². The summed E-state index contributed by atoms with van der Waals surface area (Å²) in [5, 5.41) is 16.2. The van der Waals surface area contributed by atoms with Gasteiger partial charge in [-0.1, -0.05) is 30.7 Å². The van der Waals surface area contributed by atoms with Crippen LogP contribution in [0.25, 0.3) is 11.3 Å². The molecule has 34 heavy (non-hydrogen) atoms. The first-order chi connectivity index (χ1) is 16.6. The van der Waals surface area contributed by atoms with Crippen LogP contribution in [0.3, 0.4) is 0 Å². The van der Waals surface area contributed by atoms with E-state index < -0.39 is 0 Å². The molecule has 0 bridgehead atoms. The fourth-order valence-electron chi connectivity index (χ4n) is 4.29. The Morgan fingerprint density at radius 1 is 1.03 bits per heavy atom. The number of aromatic nitrogens is 3. The SMILES string of the molecule is CCC(CCCO)Nc1nc(Nc2ccc(C)cc2)ncc1-c1ccc(CN2CCCC2)cn1. The Labute approximate surface area is 202 Å². The second-order valence-electron chi connectivity index (χ2n) is 9.10. The summed E-state index contributed by atoms with van der Waals surface area (Å²) in [4.78, 5) is 16.6. The molecule has 4 rings (SSSR count). The third-order valence-corrected chi connectivity index (χ3v) is 6.35. The van der Waals surface area contributed by atoms with E-state index in [2.05, 4.69) is 58.6 Å². The molecule has 3 N–H and O–H groups in total. The molecule has 2 aromatic heterocycles. The fourth-order valence-corrected chi connectivity index (χ4v) is 4.29. The number of rotatable bonds is 11. The van der Waals surface area contributed by atoms with Gasteiger partial charge in [0.25, 0.3) is 0 Å². The summed E-state index contributed by atoms with van der Waals surface area (Å²) in [6, 6.07) is 12.6. The number of aliphatic hydroxyl groups excluding tert-OH is 1. The number of aryl methyl sites for hydroxylation is 1. The summed E-state index contributed by atoms with van der Waals surface area (Å²) in [6.07, 6.45) is 8.95. The third kappa shape index (κ3) is 6.52. The van der Waals surface area contributed by atoms with Crippen LogP contribution in [0.5, 0.6) is 0 Å². The van der Waals surface area contributed by atoms with Gasteiger partial charge >= 0.3 is 0 Å². The number of benzene rings is 1. The number of hydrogen-bond acceptors (Lipinski definition) is 7. The highest BCUT2D eigenvalue weighted by Crippen LogP contribution is 2.28. The van der Waals surface area contributed by atoms with E-state index in [-0.39, 0.29) is 12.6 Å². The van der Waals surface area contributed by atoms with Crippen molar-refractivity contribution >= 4 is 17.5 Å². The Balaban J connectivity index is 1.58. The van der Waals surface area contributed by atoms with Gasteiger partial charge in [0.15, 0.2) is 0 Å². The van der Waals surface area contributed by atoms with E-state index in [0.717, 1.165) is 48.6 Å². The van der Waals surface area contributed by atoms with Crippen molar-refractivity contribution in [1.29, 1.82) is 0 Å². The van der Waals surface area contributed by atoms with Crippen LogP contribution >= 0.6 is 0 Å². The number of anilines is 3. The highest BCUT2D eigenvalue weighted by Gasteiger charge is 2.16. The van der Waals surface area contributed by atoms with Gasteiger partial charge < -0.3 is 15.7 Å². The smallest absolute Gasteiger partial charge is 0.229 e. The van der Waals surface area contributed by atoms with Crippen molar-refractivity contribution < 1.29 is 5.11 Å². The molecule has 0 spiro atoms. The Morgan fingerprint density at radius 3 is 2.50 bits per heavy atom. The lowest BCUT2D eigenvalue weighted by molar-refractivity contribution is 0.280. The van der Waals surface area contributed by atoms with Crippen molar-refractivity contribution in [2.24, 2.45) is 0 Å². The molecule has 180 valence electrons. The topological polar surface area (TPSA) is 86.2 Å². The predicted molar refractivity (Wildman–Crippen MR) is 138 cm³/mol. The summed E-state index contributed by atoms with van der Waals surface area (Å²) >= 11 is 0. The van der Waals surface area contributed by atoms with Crippen LogP contribution in [-0.2, 0) is 6.54 Å². The van der Waals surface area contributed by atoms with Crippen molar-refractivity contribution in [3.63, 3.8) is 0 Å². The molecule has 1 atom stereocenters. The van der Waals surface area contributed by atoms with Gasteiger partial charge in [-0.2, -0.15) is 4.98 Å². The minimum Gasteiger partial charge on any atom is -0.396 e. The second kappa shape index (κ2) is 11.9. The molecule has 3 heterocycles. The number of pyridine rings is 1. The van der Waals surface area contributed by atoms with Gasteiger partial charge in [-0.25, -0.2) is 4.98 Å². The zero-order valence-corrected chi connectivity index (χ0v) is 20.3. The predicted octanol–water partition coefficient (Wildman–Crippen LogP) is 5.15. The minimum absolute atomic E-state index is 0.190. The molecule has 1 aliphatic rings. The van der Waals surface area contributed by atoms with E-state index in [1.807, 2.05) is 24.5 Å². The number of nitrogens with one attached hydrogen (secondary N) is 2. The van der Waals surface area contributed by atoms with Crippen molar-refractivity contribution in [3.05, 3.63) is 59.9 Å². The first kappa shape index (κ1) is 24.1. The summed E-state index contributed by atoms with van der Waals surface area (Å²) < 4.78 is 0. The van der Waals surface area contributed by atoms with E-state index >= 15 is 0 Å². The van der Waals surface area contributed by atoms with Crippen molar-refractivity contribution in [1.82, 2.24) is 19.9 Å². The quantitative estimate of drug-likeness (QED) is 0.365. The highest BCUT2D eigenvalue weighted by molar-refractivity contribution is 5.73. The van der Waals surface area contributed by atoms with Gasteiger partial charge in [-0.05, 0) is 75.9 Å². The first-order valence-electron chi connectivity index (χ1n) is 12.4. The number of likely N-dealkylation sites (tertiary alicyclic amines) is 1. The van der Waals surface area contributed by atoms with Crippen LogP contribution in [-0.4, -0.2) is 50.7 Å². The Bertz CT molecular complexity index is 1030. The number of nitrogens with zero attached hydrogens (tertiary/aromatic N) is 4. The molecule has 1 aliphatic heterocycles. The molecule has 7 heteroatoms. The van der Waals surface area contributed by atoms with Crippen molar-refractivity contribution in [3.8, 4) is 11.3 Å². The van der Waals surface area contributed by atoms with Gasteiger partial charge in [0.2, 0.25) is 5.95 Å². The van der Waals surface area contributed by atoms with Gasteiger partial charge in [0.1, 0.15) is 5.82 Å². The van der Waals surface area contributed by atoms with Crippen molar-refractivity contribution in [2.75, 3.05) is 30.3 Å². The maximum Gasteiger partial charge on any atom is 0.229 e. The summed E-state index contributed by atoms with van der Waals surface area (Å²) in [5.41, 5.74) is 5.11. The average Bonchev–Trinajstić information content (AvgIpc) is 3.37. The monoisotopic (exact) mass is 460 g/mol. The summed E-state index contributed by atoms with van der Waals surface area (Å²) in [6.45, 7) is 7.70. The Morgan fingerprint density at radius 2 is 1.82 bits per heavy atom. The second-order valence-corrected chi connectivity index (χ2v) is 9.10. The van der Waals surface area contributed by atoms with E-state index in [1.54, 1.807) is 0 Å². The van der Waals surface area contributed by atoms with Crippen LogP contribution < -0.4 is 10.6 Å². The normalized spacial score (nSPS) is 14.8. The molecule has 0 radical (unpaired) electrons. The lowest BCUT2D eigenvalue weighted by Gasteiger charge is -2.20. The highest BCUT2D eigenvalue weighted by atomic mass is 16.2. The van der Waals surface area contributed by atoms with Gasteiger partial charge in [0.05, 0.1) is 11.3 Å². The maximum absolute atomic E-state index is 9.29. The first-order valence-corrected chi connectivity index (χ1v) is 12.4. The van der Waals surface area contributed by atoms with E-state index in [0.29, 0.717) is 5.95 Å². The van der Waals surface area contributed by atoms with Crippen molar-refractivity contribution in [2.45, 2.75) is 58.5 Å². The maximum atomic E-state index is 9.29. The summed E-state index contributed by atoms with van der Waals surface area (Å²) in [5.74, 6) is 1.30. The van der Waals surface area contributed by atoms with Gasteiger partial charge in [0, 0.05) is 37.3 Å². The zero-order valence-electron chi connectivity index (χ0n) is 20.3. The average molecular weight is 461 g/mol. The molecule has 0 saturated carbocycles. The molecule has 0 aliphatic carbocycles. The number of aliphatic hydroxyl groups is 1. The Hall–Kier alpha value is -3.03. The minimum atomic E-state index is 0.190. The lowest BCUT2D eigenvalue weighted by atomic mass is 10.1. The molecular weight excluding hydrogens is 424 g/mol. The Kier molecular flexibility index (Phi) is 8.44. The van der Waals surface area contributed by atoms with Crippen LogP contribution in [0.4, 0.5) is 17.5 Å². The van der Waals surface area contributed by atoms with Crippen LogP contribution in [0.15, 0.2) is 48.8 Å². The molecule has 3 aromatic rings. The molecule has 1 unspecified atom stereocenters. The van der Waals surface area contributed by atoms with Gasteiger partial charge in [-0.15, -0.1) is 0 Å². The molecule has 7 nitrogen and oxygen atoms in total. The standard InChI is InChI=1S/C27H36N6O/c1-3-22(7-6-16-34)30-26-24(18-29-27(32-26)31-23-11-8-20(2)9-12-23)25-13-10-21(17-28-25)19-33-14-4-5-15-33/h8-13,17-18,22,34H,3-7,14-16,19H2,1-2H3,(H2,29,30,31,32). The zero-order chi connectivity index (χ0) is 23.8. The van der Waals surface area contributed by atoms with Crippen LogP contribution in [0, 0.1) is 6.92 Å². The molecular formula is C27H36N6O. The van der Waals surface area contributed by atoms with Crippen LogP contribution in [0.1, 0.15) is 50.2 Å². The fraction of sp³-hybridized carbons (Fsp3) is 0.444. The summed E-state index contributed by atoms with van der Waals surface area (Å²) in [7, 11) is 0. The van der Waals surface area contributed by atoms with E-state index in [4.69, 9.17) is 9.97 Å². The van der Waals surface area contributed by atoms with E-state index in [9.17, 15) is 5.11 Å². The molecule has 1 fully saturated rings. The third-order valence-electron chi connectivity index (χ3n) is 6.35. The molecule has 0 amide bonds. The number of hydrogen-bond donors (Lipinski definition) is 3. The van der Waals surface area contributed by atoms with E-state index in [1.165, 1.54) is 37.1 Å². The lowest BCUT2D eigenvalue weighted by Crippen LogP contribution is -2.21. The molecule has 1 saturated heterocycles.